The van der Waals surface area contributed by atoms with Gasteiger partial charge in [0.05, 0.1) is 31.5 Å². The molecule has 24 heavy (non-hydrogen) atoms. The van der Waals surface area contributed by atoms with Gasteiger partial charge in [-0.3, -0.25) is 0 Å². The molecule has 3 rings (SSSR count). The van der Waals surface area contributed by atoms with Gasteiger partial charge in [-0.25, -0.2) is 4.99 Å². The van der Waals surface area contributed by atoms with E-state index in [-0.39, 0.29) is 0 Å². The van der Waals surface area contributed by atoms with Crippen LogP contribution in [0.25, 0.3) is 0 Å². The molecular formula is C14H23NO9. The Bertz CT molecular complexity index is 487. The Labute approximate surface area is 137 Å². The summed E-state index contributed by atoms with van der Waals surface area (Å²) in [4.78, 5) is 4.14. The third kappa shape index (κ3) is 2.82. The molecule has 0 bridgehead atoms. The van der Waals surface area contributed by atoms with Crippen molar-refractivity contribution >= 4 is 5.90 Å². The second-order valence-corrected chi connectivity index (χ2v) is 6.34. The molecule has 0 unspecified atom stereocenters. The molecule has 10 nitrogen and oxygen atoms in total. The van der Waals surface area contributed by atoms with Crippen LogP contribution in [0.1, 0.15) is 6.92 Å². The van der Waals surface area contributed by atoms with Crippen molar-refractivity contribution in [1.82, 2.24) is 0 Å². The van der Waals surface area contributed by atoms with E-state index in [1.807, 2.05) is 0 Å². The maximum Gasteiger partial charge on any atom is 0.226 e. The number of rotatable bonds is 3. The van der Waals surface area contributed by atoms with E-state index in [4.69, 9.17) is 14.2 Å². The van der Waals surface area contributed by atoms with E-state index in [1.54, 1.807) is 6.92 Å². The molecular weight excluding hydrogens is 326 g/mol. The molecule has 138 valence electrons. The van der Waals surface area contributed by atoms with Crippen LogP contribution in [0.15, 0.2) is 4.99 Å². The monoisotopic (exact) mass is 349 g/mol. The molecule has 2 fully saturated rings. The van der Waals surface area contributed by atoms with Crippen molar-refractivity contribution in [3.63, 3.8) is 0 Å². The zero-order valence-electron chi connectivity index (χ0n) is 13.0. The minimum atomic E-state index is -1.57. The standard InChI is InChI=1S/C14H23NO9/c1-4-15-8-10(19)7(5(2-16)24-14(8)22-4)13-12(21)11(20)9(18)6(3-17)23-13/h5-14,16-21H,2-3H2,1H3/t5-,6-,7-,8-,9+,10+,11+,12-,13+,14+/m1/s1. The number of hydrogen-bond donors (Lipinski definition) is 6. The third-order valence-electron chi connectivity index (χ3n) is 4.87. The van der Waals surface area contributed by atoms with Crippen molar-refractivity contribution in [2.45, 2.75) is 62.0 Å². The lowest BCUT2D eigenvalue weighted by Crippen LogP contribution is -2.66. The number of aliphatic hydroxyl groups is 6. The van der Waals surface area contributed by atoms with Gasteiger partial charge >= 0.3 is 0 Å². The summed E-state index contributed by atoms with van der Waals surface area (Å²) >= 11 is 0. The van der Waals surface area contributed by atoms with Gasteiger partial charge in [-0.05, 0) is 0 Å². The molecule has 10 heteroatoms. The molecule has 0 aromatic carbocycles. The van der Waals surface area contributed by atoms with E-state index < -0.39 is 74.2 Å². The molecule has 3 heterocycles. The Balaban J connectivity index is 1.87. The zero-order chi connectivity index (χ0) is 17.6. The molecule has 0 radical (unpaired) electrons. The lowest BCUT2D eigenvalue weighted by molar-refractivity contribution is -0.288. The molecule has 0 aromatic heterocycles. The fourth-order valence-electron chi connectivity index (χ4n) is 3.61. The van der Waals surface area contributed by atoms with Gasteiger partial charge in [0.1, 0.15) is 30.5 Å². The average Bonchev–Trinajstić information content (AvgIpc) is 2.94. The first kappa shape index (κ1) is 18.0. The lowest BCUT2D eigenvalue weighted by Gasteiger charge is -2.48. The minimum absolute atomic E-state index is 0.329. The second kappa shape index (κ2) is 6.81. The van der Waals surface area contributed by atoms with E-state index in [2.05, 4.69) is 4.99 Å². The topological polar surface area (TPSA) is 161 Å². The Morgan fingerprint density at radius 1 is 0.875 bits per heavy atom. The molecule has 2 saturated heterocycles. The number of nitrogens with zero attached hydrogens (tertiary/aromatic N) is 1. The first-order chi connectivity index (χ1) is 11.4. The van der Waals surface area contributed by atoms with Crippen molar-refractivity contribution in [1.29, 1.82) is 0 Å². The lowest BCUT2D eigenvalue weighted by atomic mass is 9.78. The van der Waals surface area contributed by atoms with Crippen molar-refractivity contribution in [2.24, 2.45) is 10.9 Å². The van der Waals surface area contributed by atoms with Crippen LogP contribution in [0.2, 0.25) is 0 Å². The molecule has 3 aliphatic heterocycles. The van der Waals surface area contributed by atoms with Gasteiger partial charge in [-0.15, -0.1) is 0 Å². The van der Waals surface area contributed by atoms with Gasteiger partial charge in [0.25, 0.3) is 0 Å². The van der Waals surface area contributed by atoms with Gasteiger partial charge in [0.15, 0.2) is 5.90 Å². The fraction of sp³-hybridized carbons (Fsp3) is 0.929. The summed E-state index contributed by atoms with van der Waals surface area (Å²) in [5.74, 6) is -0.615. The van der Waals surface area contributed by atoms with Crippen LogP contribution in [0.5, 0.6) is 0 Å². The van der Waals surface area contributed by atoms with Crippen LogP contribution in [0.4, 0.5) is 0 Å². The fourth-order valence-corrected chi connectivity index (χ4v) is 3.61. The number of fused-ring (bicyclic) bond motifs is 1. The third-order valence-corrected chi connectivity index (χ3v) is 4.87. The van der Waals surface area contributed by atoms with Crippen LogP contribution < -0.4 is 0 Å². The molecule has 10 atom stereocenters. The molecule has 0 aromatic rings. The van der Waals surface area contributed by atoms with Gasteiger partial charge in [0.2, 0.25) is 6.29 Å². The van der Waals surface area contributed by atoms with Crippen LogP contribution >= 0.6 is 0 Å². The normalized spacial score (nSPS) is 51.7. The molecule has 0 aliphatic carbocycles. The van der Waals surface area contributed by atoms with Gasteiger partial charge in [0, 0.05) is 12.8 Å². The van der Waals surface area contributed by atoms with Crippen LogP contribution in [-0.4, -0.2) is 105 Å². The molecule has 6 N–H and O–H groups in total. The first-order valence-electron chi connectivity index (χ1n) is 7.85. The number of aliphatic hydroxyl groups excluding tert-OH is 6. The second-order valence-electron chi connectivity index (χ2n) is 6.34. The summed E-state index contributed by atoms with van der Waals surface area (Å²) in [5, 5.41) is 59.6. The Morgan fingerprint density at radius 3 is 2.17 bits per heavy atom. The highest BCUT2D eigenvalue weighted by atomic mass is 16.7. The summed E-state index contributed by atoms with van der Waals surface area (Å²) in [6, 6.07) is -0.759. The van der Waals surface area contributed by atoms with E-state index in [1.165, 1.54) is 0 Å². The highest BCUT2D eigenvalue weighted by Gasteiger charge is 2.56. The number of ether oxygens (including phenoxy) is 3. The summed E-state index contributed by atoms with van der Waals surface area (Å²) in [6.07, 6.45) is -9.87. The van der Waals surface area contributed by atoms with Gasteiger partial charge < -0.3 is 44.8 Å². The van der Waals surface area contributed by atoms with E-state index in [0.717, 1.165) is 0 Å². The summed E-state index contributed by atoms with van der Waals surface area (Å²) in [6.45, 7) is 0.537. The smallest absolute Gasteiger partial charge is 0.226 e. The molecule has 0 saturated carbocycles. The predicted molar refractivity (Wildman–Crippen MR) is 77.0 cm³/mol. The Kier molecular flexibility index (Phi) is 5.09. The summed E-state index contributed by atoms with van der Waals surface area (Å²) in [5.41, 5.74) is 0. The van der Waals surface area contributed by atoms with Crippen LogP contribution in [0.3, 0.4) is 0 Å². The Hall–Kier alpha value is -0.850. The van der Waals surface area contributed by atoms with Crippen molar-refractivity contribution in [2.75, 3.05) is 13.2 Å². The van der Waals surface area contributed by atoms with E-state index >= 15 is 0 Å². The quantitative estimate of drug-likeness (QED) is 0.302. The maximum atomic E-state index is 10.7. The summed E-state index contributed by atoms with van der Waals surface area (Å²) in [7, 11) is 0. The average molecular weight is 349 g/mol. The van der Waals surface area contributed by atoms with Crippen molar-refractivity contribution < 1.29 is 44.8 Å². The van der Waals surface area contributed by atoms with Crippen LogP contribution in [0, 0.1) is 5.92 Å². The molecule has 3 aliphatic rings. The van der Waals surface area contributed by atoms with Gasteiger partial charge in [-0.1, -0.05) is 0 Å². The van der Waals surface area contributed by atoms with Gasteiger partial charge in [-0.2, -0.15) is 0 Å². The van der Waals surface area contributed by atoms with E-state index in [0.29, 0.717) is 5.90 Å². The maximum absolute atomic E-state index is 10.7. The minimum Gasteiger partial charge on any atom is -0.450 e. The predicted octanol–water partition coefficient (Wildman–Crippen LogP) is -3.66. The highest BCUT2D eigenvalue weighted by Crippen LogP contribution is 2.38. The first-order valence-corrected chi connectivity index (χ1v) is 7.85. The summed E-state index contributed by atoms with van der Waals surface area (Å²) < 4.78 is 16.4. The van der Waals surface area contributed by atoms with Crippen molar-refractivity contribution in [3.05, 3.63) is 0 Å². The molecule has 0 spiro atoms. The Morgan fingerprint density at radius 2 is 1.54 bits per heavy atom. The van der Waals surface area contributed by atoms with E-state index in [9.17, 15) is 30.6 Å². The van der Waals surface area contributed by atoms with Crippen LogP contribution in [-0.2, 0) is 14.2 Å². The molecule has 0 amide bonds. The SMILES string of the molecule is CC1=N[C@H]2[C@@H](O1)O[C@H](CO)[C@@H]([C@@H]1O[C@H](CO)[C@H](O)[C@H](O)[C@H]1O)[C@@H]2O. The largest absolute Gasteiger partial charge is 0.450 e. The highest BCUT2D eigenvalue weighted by molar-refractivity contribution is 5.75. The van der Waals surface area contributed by atoms with Crippen molar-refractivity contribution in [3.8, 4) is 0 Å². The number of hydrogen-bond acceptors (Lipinski definition) is 10. The number of aliphatic imine (C=N–C) groups is 1. The zero-order valence-corrected chi connectivity index (χ0v) is 13.0.